The molecule has 1 aromatic carbocycles. The molecule has 1 heterocycles. The minimum Gasteiger partial charge on any atom is -0.480 e. The summed E-state index contributed by atoms with van der Waals surface area (Å²) in [6.45, 7) is 2.90. The summed E-state index contributed by atoms with van der Waals surface area (Å²) in [7, 11) is 0. The Morgan fingerprint density at radius 3 is 2.24 bits per heavy atom. The number of carbonyl (C=O) groups is 1. The van der Waals surface area contributed by atoms with Gasteiger partial charge in [-0.2, -0.15) is 0 Å². The number of rotatable bonds is 7. The van der Waals surface area contributed by atoms with Crippen LogP contribution in [0.3, 0.4) is 0 Å². The second-order valence-electron chi connectivity index (χ2n) is 9.19. The molecule has 3 aliphatic rings. The van der Waals surface area contributed by atoms with Gasteiger partial charge in [-0.3, -0.25) is 4.79 Å². The zero-order chi connectivity index (χ0) is 19.3. The van der Waals surface area contributed by atoms with Gasteiger partial charge in [0.15, 0.2) is 0 Å². The molecule has 0 radical (unpaired) electrons. The molecule has 1 aromatic rings. The fraction of sp³-hybridized carbons (Fsp3) is 0.708. The maximum atomic E-state index is 12.3. The molecular weight excluding hydrogens is 384 g/mol. The van der Waals surface area contributed by atoms with Crippen LogP contribution in [0.1, 0.15) is 98.8 Å². The summed E-state index contributed by atoms with van der Waals surface area (Å²) < 4.78 is 0. The van der Waals surface area contributed by atoms with Gasteiger partial charge in [-0.05, 0) is 92.6 Å². The number of halogens is 1. The van der Waals surface area contributed by atoms with Gasteiger partial charge in [0, 0.05) is 0 Å². The van der Waals surface area contributed by atoms with Crippen LogP contribution in [0.5, 0.6) is 0 Å². The van der Waals surface area contributed by atoms with Gasteiger partial charge < -0.3 is 15.7 Å². The van der Waals surface area contributed by atoms with E-state index in [1.54, 1.807) is 0 Å². The Morgan fingerprint density at radius 2 is 1.62 bits per heavy atom. The topological polar surface area (TPSA) is 61.4 Å². The van der Waals surface area contributed by atoms with E-state index >= 15 is 0 Å². The normalized spacial score (nSPS) is 22.5. The van der Waals surface area contributed by atoms with Crippen molar-refractivity contribution in [3.8, 4) is 0 Å². The number of hydrogen-bond acceptors (Lipinski definition) is 3. The molecule has 2 saturated carbocycles. The highest BCUT2D eigenvalue weighted by molar-refractivity contribution is 5.85. The lowest BCUT2D eigenvalue weighted by Gasteiger charge is -2.29. The second kappa shape index (κ2) is 10.8. The minimum atomic E-state index is -0.725. The maximum Gasteiger partial charge on any atom is 0.325 e. The standard InChI is InChI=1S/C24H36N2O2.ClH/c27-24(28)23(26-16-17-12-14-25-15-13-17)21-11-5-10-20(18-6-1-2-7-18)22(21)19-8-3-4-9-19;/h5,10-11,17-19,23,25-26H,1-4,6-9,12-16H2,(H,27,28);1H/t23-;/m0./s1. The van der Waals surface area contributed by atoms with E-state index in [4.69, 9.17) is 0 Å². The van der Waals surface area contributed by atoms with Gasteiger partial charge in [0.2, 0.25) is 0 Å². The van der Waals surface area contributed by atoms with E-state index in [-0.39, 0.29) is 12.4 Å². The Hall–Kier alpha value is -1.10. The molecule has 4 nitrogen and oxygen atoms in total. The smallest absolute Gasteiger partial charge is 0.325 e. The lowest BCUT2D eigenvalue weighted by molar-refractivity contribution is -0.139. The molecule has 3 fully saturated rings. The van der Waals surface area contributed by atoms with E-state index in [1.807, 2.05) is 0 Å². The minimum absolute atomic E-state index is 0. The number of piperidine rings is 1. The first kappa shape index (κ1) is 22.6. The third kappa shape index (κ3) is 5.34. The van der Waals surface area contributed by atoms with Gasteiger partial charge in [0.05, 0.1) is 0 Å². The highest BCUT2D eigenvalue weighted by Gasteiger charge is 2.32. The molecule has 0 unspecified atom stereocenters. The molecule has 0 bridgehead atoms. The third-order valence-corrected chi connectivity index (χ3v) is 7.36. The fourth-order valence-corrected chi connectivity index (χ4v) is 5.83. The molecule has 162 valence electrons. The average molecular weight is 421 g/mol. The van der Waals surface area contributed by atoms with Crippen LogP contribution in [0.15, 0.2) is 18.2 Å². The van der Waals surface area contributed by atoms with Crippen LogP contribution >= 0.6 is 12.4 Å². The van der Waals surface area contributed by atoms with E-state index in [0.29, 0.717) is 17.8 Å². The van der Waals surface area contributed by atoms with Crippen LogP contribution in [0, 0.1) is 5.92 Å². The zero-order valence-electron chi connectivity index (χ0n) is 17.5. The highest BCUT2D eigenvalue weighted by Crippen LogP contribution is 2.45. The SMILES string of the molecule is Cl.O=C(O)[C@@H](NCC1CCNCC1)c1cccc(C2CCCC2)c1C1CCCC1. The van der Waals surface area contributed by atoms with Gasteiger partial charge in [-0.1, -0.05) is 43.9 Å². The van der Waals surface area contributed by atoms with Crippen molar-refractivity contribution in [3.05, 3.63) is 34.9 Å². The first-order valence-corrected chi connectivity index (χ1v) is 11.5. The third-order valence-electron chi connectivity index (χ3n) is 7.36. The van der Waals surface area contributed by atoms with Crippen LogP contribution in [-0.4, -0.2) is 30.7 Å². The first-order valence-electron chi connectivity index (χ1n) is 11.5. The van der Waals surface area contributed by atoms with E-state index in [1.165, 1.54) is 62.5 Å². The summed E-state index contributed by atoms with van der Waals surface area (Å²) in [4.78, 5) is 12.3. The zero-order valence-corrected chi connectivity index (χ0v) is 18.3. The summed E-state index contributed by atoms with van der Waals surface area (Å²) in [5, 5.41) is 17.0. The predicted molar refractivity (Wildman–Crippen MR) is 120 cm³/mol. The number of carboxylic acid groups (broad SMARTS) is 1. The molecular formula is C24H37ClN2O2. The van der Waals surface area contributed by atoms with Gasteiger partial charge in [0.1, 0.15) is 6.04 Å². The fourth-order valence-electron chi connectivity index (χ4n) is 5.83. The first-order chi connectivity index (χ1) is 13.7. The van der Waals surface area contributed by atoms with Crippen molar-refractivity contribution in [1.82, 2.24) is 10.6 Å². The van der Waals surface area contributed by atoms with Crippen LogP contribution in [0.2, 0.25) is 0 Å². The number of benzene rings is 1. The van der Waals surface area contributed by atoms with Gasteiger partial charge >= 0.3 is 5.97 Å². The summed E-state index contributed by atoms with van der Waals surface area (Å²) in [5.41, 5.74) is 3.92. The Labute approximate surface area is 181 Å². The average Bonchev–Trinajstić information content (AvgIpc) is 3.43. The van der Waals surface area contributed by atoms with Crippen molar-refractivity contribution < 1.29 is 9.90 Å². The quantitative estimate of drug-likeness (QED) is 0.571. The Morgan fingerprint density at radius 1 is 1.00 bits per heavy atom. The summed E-state index contributed by atoms with van der Waals surface area (Å²) >= 11 is 0. The van der Waals surface area contributed by atoms with E-state index in [9.17, 15) is 9.90 Å². The van der Waals surface area contributed by atoms with Crippen molar-refractivity contribution in [2.24, 2.45) is 5.92 Å². The molecule has 5 heteroatoms. The highest BCUT2D eigenvalue weighted by atomic mass is 35.5. The maximum absolute atomic E-state index is 12.3. The summed E-state index contributed by atoms with van der Waals surface area (Å²) in [6, 6.07) is 5.94. The summed E-state index contributed by atoms with van der Waals surface area (Å²) in [5.74, 6) is 1.04. The molecule has 2 aliphatic carbocycles. The van der Waals surface area contributed by atoms with Gasteiger partial charge in [-0.15, -0.1) is 12.4 Å². The number of hydrogen-bond donors (Lipinski definition) is 3. The largest absolute Gasteiger partial charge is 0.480 e. The van der Waals surface area contributed by atoms with Crippen molar-refractivity contribution >= 4 is 18.4 Å². The van der Waals surface area contributed by atoms with Crippen LogP contribution in [0.25, 0.3) is 0 Å². The molecule has 29 heavy (non-hydrogen) atoms. The summed E-state index contributed by atoms with van der Waals surface area (Å²) in [6.07, 6.45) is 12.4. The molecule has 0 spiro atoms. The van der Waals surface area contributed by atoms with Crippen LogP contribution in [-0.2, 0) is 4.79 Å². The Balaban J connectivity index is 0.00000240. The molecule has 3 N–H and O–H groups in total. The molecule has 0 aromatic heterocycles. The molecule has 4 rings (SSSR count). The number of carboxylic acids is 1. The lowest BCUT2D eigenvalue weighted by Crippen LogP contribution is -2.37. The number of nitrogens with one attached hydrogen (secondary N) is 2. The Kier molecular flexibility index (Phi) is 8.40. The van der Waals surface area contributed by atoms with Crippen molar-refractivity contribution in [1.29, 1.82) is 0 Å². The molecule has 0 amide bonds. The van der Waals surface area contributed by atoms with E-state index < -0.39 is 12.0 Å². The Bertz CT molecular complexity index is 663. The molecule has 1 atom stereocenters. The van der Waals surface area contributed by atoms with Crippen molar-refractivity contribution in [2.45, 2.75) is 82.1 Å². The van der Waals surface area contributed by atoms with Crippen molar-refractivity contribution in [3.63, 3.8) is 0 Å². The molecule has 1 aliphatic heterocycles. The van der Waals surface area contributed by atoms with E-state index in [0.717, 1.165) is 38.0 Å². The second-order valence-corrected chi connectivity index (χ2v) is 9.19. The van der Waals surface area contributed by atoms with Gasteiger partial charge in [-0.25, -0.2) is 0 Å². The van der Waals surface area contributed by atoms with E-state index in [2.05, 4.69) is 28.8 Å². The van der Waals surface area contributed by atoms with Gasteiger partial charge in [0.25, 0.3) is 0 Å². The molecule has 1 saturated heterocycles. The monoisotopic (exact) mass is 420 g/mol. The predicted octanol–water partition coefficient (Wildman–Crippen LogP) is 5.14. The van der Waals surface area contributed by atoms with Crippen LogP contribution < -0.4 is 10.6 Å². The van der Waals surface area contributed by atoms with Crippen molar-refractivity contribution in [2.75, 3.05) is 19.6 Å². The van der Waals surface area contributed by atoms with Crippen LogP contribution in [0.4, 0.5) is 0 Å². The number of aliphatic carboxylic acids is 1. The lowest BCUT2D eigenvalue weighted by atomic mass is 9.81.